The van der Waals surface area contributed by atoms with Crippen LogP contribution in [0.3, 0.4) is 0 Å². The molecule has 0 bridgehead atoms. The summed E-state index contributed by atoms with van der Waals surface area (Å²) in [4.78, 5) is 0. The van der Waals surface area contributed by atoms with Crippen LogP contribution < -0.4 is 14.8 Å². The average molecular weight is 229 g/mol. The number of halogens is 2. The Labute approximate surface area is 92.4 Å². The van der Waals surface area contributed by atoms with Crippen molar-refractivity contribution in [2.75, 3.05) is 20.0 Å². The third kappa shape index (κ3) is 2.61. The second-order valence-corrected chi connectivity index (χ2v) is 3.51. The predicted molar refractivity (Wildman–Crippen MR) is 55.1 cm³/mol. The normalized spacial score (nSPS) is 15.1. The molecular weight excluding hydrogens is 216 g/mol. The van der Waals surface area contributed by atoms with Gasteiger partial charge < -0.3 is 9.47 Å². The average Bonchev–Trinajstić information content (AvgIpc) is 2.76. The number of hydrogen-bond acceptors (Lipinski definition) is 3. The van der Waals surface area contributed by atoms with Crippen molar-refractivity contribution in [2.24, 2.45) is 0 Å². The highest BCUT2D eigenvalue weighted by Gasteiger charge is 2.13. The molecule has 1 aromatic carbocycles. The maximum atomic E-state index is 12.5. The van der Waals surface area contributed by atoms with Crippen molar-refractivity contribution in [1.29, 1.82) is 0 Å². The van der Waals surface area contributed by atoms with Gasteiger partial charge >= 0.3 is 0 Å². The van der Waals surface area contributed by atoms with Crippen LogP contribution in [0.4, 0.5) is 8.78 Å². The van der Waals surface area contributed by atoms with E-state index in [9.17, 15) is 8.78 Å². The molecule has 0 saturated carbocycles. The second kappa shape index (κ2) is 5.12. The lowest BCUT2D eigenvalue weighted by Crippen LogP contribution is -2.28. The first-order valence-electron chi connectivity index (χ1n) is 5.11. The minimum Gasteiger partial charge on any atom is -0.454 e. The van der Waals surface area contributed by atoms with Crippen molar-refractivity contribution < 1.29 is 18.3 Å². The number of benzene rings is 1. The lowest BCUT2D eigenvalue weighted by molar-refractivity contribution is 0.174. The molecule has 88 valence electrons. The minimum absolute atomic E-state index is 0.242. The molecular formula is C11H13F2NO2. The topological polar surface area (TPSA) is 30.5 Å². The van der Waals surface area contributed by atoms with Crippen molar-refractivity contribution in [3.63, 3.8) is 0 Å². The molecule has 1 aliphatic rings. The number of ether oxygens (including phenoxy) is 2. The Morgan fingerprint density at radius 2 is 2.12 bits per heavy atom. The van der Waals surface area contributed by atoms with Gasteiger partial charge in [-0.2, -0.15) is 0 Å². The maximum absolute atomic E-state index is 12.5. The van der Waals surface area contributed by atoms with Gasteiger partial charge in [0, 0.05) is 6.54 Å². The highest BCUT2D eigenvalue weighted by Crippen LogP contribution is 2.32. The monoisotopic (exact) mass is 229 g/mol. The van der Waals surface area contributed by atoms with Gasteiger partial charge in [0.1, 0.15) is 6.67 Å². The summed E-state index contributed by atoms with van der Waals surface area (Å²) in [6, 6.07) is 5.56. The van der Waals surface area contributed by atoms with Crippen LogP contribution in [0.1, 0.15) is 5.56 Å². The zero-order chi connectivity index (χ0) is 11.4. The fraction of sp³-hybridized carbons (Fsp3) is 0.455. The van der Waals surface area contributed by atoms with Crippen molar-refractivity contribution in [3.05, 3.63) is 23.8 Å². The van der Waals surface area contributed by atoms with E-state index in [-0.39, 0.29) is 6.79 Å². The van der Waals surface area contributed by atoms with E-state index < -0.39 is 13.0 Å². The van der Waals surface area contributed by atoms with E-state index >= 15 is 0 Å². The molecule has 0 aromatic heterocycles. The Morgan fingerprint density at radius 1 is 1.31 bits per heavy atom. The fourth-order valence-electron chi connectivity index (χ4n) is 1.52. The van der Waals surface area contributed by atoms with Crippen LogP contribution >= 0.6 is 0 Å². The zero-order valence-electron chi connectivity index (χ0n) is 8.71. The Hall–Kier alpha value is -1.36. The van der Waals surface area contributed by atoms with E-state index in [1.807, 2.05) is 18.2 Å². The number of fused-ring (bicyclic) bond motifs is 1. The van der Waals surface area contributed by atoms with E-state index in [1.165, 1.54) is 0 Å². The quantitative estimate of drug-likeness (QED) is 0.781. The Balaban J connectivity index is 1.86. The lowest BCUT2D eigenvalue weighted by Gasteiger charge is -2.07. The molecule has 0 fully saturated rings. The number of nitrogens with one attached hydrogen (secondary N) is 1. The summed E-state index contributed by atoms with van der Waals surface area (Å²) in [5.74, 6) is 1.43. The van der Waals surface area contributed by atoms with Crippen LogP contribution in [0.5, 0.6) is 11.5 Å². The van der Waals surface area contributed by atoms with E-state index in [4.69, 9.17) is 9.47 Å². The van der Waals surface area contributed by atoms with Crippen LogP contribution in [-0.2, 0) is 6.42 Å². The summed E-state index contributed by atoms with van der Waals surface area (Å²) in [7, 11) is 0. The van der Waals surface area contributed by atoms with Crippen LogP contribution in [0.15, 0.2) is 18.2 Å². The van der Waals surface area contributed by atoms with Gasteiger partial charge in [0.05, 0.1) is 0 Å². The summed E-state index contributed by atoms with van der Waals surface area (Å²) < 4.78 is 34.7. The summed E-state index contributed by atoms with van der Waals surface area (Å²) in [5, 5.41) is 2.43. The van der Waals surface area contributed by atoms with Crippen molar-refractivity contribution in [3.8, 4) is 11.5 Å². The maximum Gasteiger partial charge on any atom is 0.231 e. The van der Waals surface area contributed by atoms with Crippen LogP contribution in [-0.4, -0.2) is 26.3 Å². The van der Waals surface area contributed by atoms with Gasteiger partial charge in [-0.05, 0) is 24.1 Å². The number of rotatable bonds is 5. The van der Waals surface area contributed by atoms with E-state index in [1.54, 1.807) is 0 Å². The molecule has 16 heavy (non-hydrogen) atoms. The van der Waals surface area contributed by atoms with Crippen molar-refractivity contribution in [1.82, 2.24) is 5.32 Å². The third-order valence-electron chi connectivity index (χ3n) is 2.35. The first-order chi connectivity index (χ1) is 7.79. The first-order valence-corrected chi connectivity index (χ1v) is 5.11. The van der Waals surface area contributed by atoms with Crippen LogP contribution in [0, 0.1) is 0 Å². The molecule has 0 saturated heterocycles. The van der Waals surface area contributed by atoms with Gasteiger partial charge in [-0.15, -0.1) is 0 Å². The summed E-state index contributed by atoms with van der Waals surface area (Å²) >= 11 is 0. The standard InChI is InChI=1S/C11H13F2NO2/c12-6-11(13)14-4-3-8-1-2-9-10(5-8)16-7-15-9/h1-2,5,11,14H,3-4,6-7H2. The zero-order valence-corrected chi connectivity index (χ0v) is 8.71. The van der Waals surface area contributed by atoms with Crippen molar-refractivity contribution >= 4 is 0 Å². The molecule has 1 aromatic rings. The number of hydrogen-bond donors (Lipinski definition) is 1. The van der Waals surface area contributed by atoms with Crippen molar-refractivity contribution in [2.45, 2.75) is 12.7 Å². The first kappa shape index (κ1) is 11.1. The minimum atomic E-state index is -1.57. The van der Waals surface area contributed by atoms with Gasteiger partial charge in [0.2, 0.25) is 6.79 Å². The second-order valence-electron chi connectivity index (χ2n) is 3.51. The van der Waals surface area contributed by atoms with E-state index in [0.29, 0.717) is 18.7 Å². The molecule has 1 N–H and O–H groups in total. The Bertz CT molecular complexity index is 360. The summed E-state index contributed by atoms with van der Waals surface area (Å²) in [6.45, 7) is -0.364. The molecule has 3 nitrogen and oxygen atoms in total. The molecule has 0 aliphatic carbocycles. The van der Waals surface area contributed by atoms with Gasteiger partial charge in [0.15, 0.2) is 17.8 Å². The molecule has 1 atom stereocenters. The Kier molecular flexibility index (Phi) is 3.56. The summed E-state index contributed by atoms with van der Waals surface area (Å²) in [6.07, 6.45) is -0.953. The molecule has 0 radical (unpaired) electrons. The largest absolute Gasteiger partial charge is 0.454 e. The lowest BCUT2D eigenvalue weighted by atomic mass is 10.1. The molecule has 5 heteroatoms. The molecule has 0 spiro atoms. The fourth-order valence-corrected chi connectivity index (χ4v) is 1.52. The molecule has 2 rings (SSSR count). The van der Waals surface area contributed by atoms with Gasteiger partial charge in [0.25, 0.3) is 0 Å². The molecule has 1 heterocycles. The van der Waals surface area contributed by atoms with E-state index in [2.05, 4.69) is 5.32 Å². The number of alkyl halides is 2. The van der Waals surface area contributed by atoms with Crippen LogP contribution in [0.25, 0.3) is 0 Å². The van der Waals surface area contributed by atoms with Crippen LogP contribution in [0.2, 0.25) is 0 Å². The highest BCUT2D eigenvalue weighted by molar-refractivity contribution is 5.44. The molecule has 1 unspecified atom stereocenters. The van der Waals surface area contributed by atoms with E-state index in [0.717, 1.165) is 11.3 Å². The molecule has 1 aliphatic heterocycles. The summed E-state index contributed by atoms with van der Waals surface area (Å²) in [5.41, 5.74) is 1.00. The SMILES string of the molecule is FCC(F)NCCc1ccc2c(c1)OCO2. The van der Waals surface area contributed by atoms with Gasteiger partial charge in [-0.1, -0.05) is 6.07 Å². The predicted octanol–water partition coefficient (Wildman–Crippen LogP) is 1.81. The van der Waals surface area contributed by atoms with Gasteiger partial charge in [-0.3, -0.25) is 5.32 Å². The Morgan fingerprint density at radius 3 is 2.94 bits per heavy atom. The smallest absolute Gasteiger partial charge is 0.231 e. The molecule has 0 amide bonds. The third-order valence-corrected chi connectivity index (χ3v) is 2.35. The van der Waals surface area contributed by atoms with Gasteiger partial charge in [-0.25, -0.2) is 8.78 Å². The highest BCUT2D eigenvalue weighted by atomic mass is 19.2.